The average Bonchev–Trinajstić information content (AvgIpc) is 2.41. The van der Waals surface area contributed by atoms with E-state index < -0.39 is 17.9 Å². The van der Waals surface area contributed by atoms with Crippen LogP contribution in [0.25, 0.3) is 0 Å². The quantitative estimate of drug-likeness (QED) is 0.863. The Bertz CT molecular complexity index is 529. The second-order valence-electron chi connectivity index (χ2n) is 4.76. The van der Waals surface area contributed by atoms with Crippen molar-refractivity contribution >= 4 is 17.8 Å². The molecule has 6 heteroatoms. The monoisotopic (exact) mass is 276 g/mol. The fourth-order valence-electron chi connectivity index (χ4n) is 2.26. The number of aliphatic carboxylic acids is 1. The number of nitrogens with zero attached hydrogens (tertiary/aromatic N) is 2. The topological polar surface area (TPSA) is 77.9 Å². The highest BCUT2D eigenvalue weighted by atomic mass is 16.4. The Labute approximate surface area is 116 Å². The van der Waals surface area contributed by atoms with E-state index in [1.807, 2.05) is 30.3 Å². The van der Waals surface area contributed by atoms with Gasteiger partial charge in [-0.1, -0.05) is 30.3 Å². The van der Waals surface area contributed by atoms with Gasteiger partial charge in [0.1, 0.15) is 12.6 Å². The maximum absolute atomic E-state index is 12.0. The molecule has 6 nitrogen and oxygen atoms in total. The van der Waals surface area contributed by atoms with Gasteiger partial charge in [-0.15, -0.1) is 0 Å². The van der Waals surface area contributed by atoms with E-state index in [0.29, 0.717) is 6.54 Å². The molecule has 1 aromatic carbocycles. The number of carboxylic acids is 1. The average molecular weight is 276 g/mol. The summed E-state index contributed by atoms with van der Waals surface area (Å²) in [6.45, 7) is 1.47. The molecule has 1 aliphatic heterocycles. The summed E-state index contributed by atoms with van der Waals surface area (Å²) in [7, 11) is 0. The van der Waals surface area contributed by atoms with Gasteiger partial charge in [0, 0.05) is 13.5 Å². The number of hydrogen-bond acceptors (Lipinski definition) is 3. The SMILES string of the molecule is CC(=O)N1CC(=O)N(Cc2ccccc2)CC1C(=O)O. The summed E-state index contributed by atoms with van der Waals surface area (Å²) < 4.78 is 0. The summed E-state index contributed by atoms with van der Waals surface area (Å²) in [5.74, 6) is -1.72. The molecule has 0 aromatic heterocycles. The maximum Gasteiger partial charge on any atom is 0.328 e. The van der Waals surface area contributed by atoms with Crippen LogP contribution in [-0.2, 0) is 20.9 Å². The summed E-state index contributed by atoms with van der Waals surface area (Å²) in [5, 5.41) is 9.20. The third-order valence-electron chi connectivity index (χ3n) is 3.33. The fraction of sp³-hybridized carbons (Fsp3) is 0.357. The molecule has 1 aliphatic rings. The summed E-state index contributed by atoms with van der Waals surface area (Å²) in [5.41, 5.74) is 0.932. The molecule has 1 aromatic rings. The van der Waals surface area contributed by atoms with E-state index in [9.17, 15) is 19.5 Å². The zero-order valence-corrected chi connectivity index (χ0v) is 11.2. The number of carbonyl (C=O) groups is 3. The molecule has 1 fully saturated rings. The molecule has 2 amide bonds. The third kappa shape index (κ3) is 2.96. The van der Waals surface area contributed by atoms with Crippen molar-refractivity contribution in [3.8, 4) is 0 Å². The van der Waals surface area contributed by atoms with E-state index in [4.69, 9.17) is 0 Å². The first-order valence-corrected chi connectivity index (χ1v) is 6.30. The van der Waals surface area contributed by atoms with Crippen LogP contribution in [0.15, 0.2) is 30.3 Å². The molecule has 106 valence electrons. The Morgan fingerprint density at radius 1 is 1.30 bits per heavy atom. The first-order valence-electron chi connectivity index (χ1n) is 6.30. The van der Waals surface area contributed by atoms with E-state index in [-0.39, 0.29) is 19.0 Å². The number of carboxylic acid groups (broad SMARTS) is 1. The van der Waals surface area contributed by atoms with Crippen molar-refractivity contribution in [3.05, 3.63) is 35.9 Å². The highest BCUT2D eigenvalue weighted by molar-refractivity contribution is 5.90. The van der Waals surface area contributed by atoms with Crippen LogP contribution in [-0.4, -0.2) is 51.8 Å². The summed E-state index contributed by atoms with van der Waals surface area (Å²) in [4.78, 5) is 37.3. The molecule has 0 radical (unpaired) electrons. The second kappa shape index (κ2) is 5.73. The van der Waals surface area contributed by atoms with Crippen molar-refractivity contribution in [2.45, 2.75) is 19.5 Å². The van der Waals surface area contributed by atoms with Crippen LogP contribution in [0.5, 0.6) is 0 Å². The molecular weight excluding hydrogens is 260 g/mol. The Kier molecular flexibility index (Phi) is 4.02. The van der Waals surface area contributed by atoms with Crippen LogP contribution in [0, 0.1) is 0 Å². The molecule has 1 atom stereocenters. The van der Waals surface area contributed by atoms with Gasteiger partial charge in [-0.25, -0.2) is 4.79 Å². The fourth-order valence-corrected chi connectivity index (χ4v) is 2.26. The molecule has 0 bridgehead atoms. The molecule has 1 saturated heterocycles. The first-order chi connectivity index (χ1) is 9.49. The smallest absolute Gasteiger partial charge is 0.328 e. The predicted octanol–water partition coefficient (Wildman–Crippen LogP) is 0.330. The van der Waals surface area contributed by atoms with Crippen LogP contribution in [0.1, 0.15) is 12.5 Å². The van der Waals surface area contributed by atoms with Gasteiger partial charge in [0.25, 0.3) is 0 Å². The number of carbonyl (C=O) groups excluding carboxylic acids is 2. The molecule has 1 N–H and O–H groups in total. The normalized spacial score (nSPS) is 19.1. The largest absolute Gasteiger partial charge is 0.480 e. The lowest BCUT2D eigenvalue weighted by molar-refractivity contribution is -0.159. The standard InChI is InChI=1S/C14H16N2O4/c1-10(17)16-9-13(18)15(8-12(16)14(19)20)7-11-5-3-2-4-6-11/h2-6,12H,7-9H2,1H3,(H,19,20). The summed E-state index contributed by atoms with van der Waals surface area (Å²) in [6.07, 6.45) is 0. The van der Waals surface area contributed by atoms with E-state index in [2.05, 4.69) is 0 Å². The Morgan fingerprint density at radius 3 is 2.50 bits per heavy atom. The summed E-state index contributed by atoms with van der Waals surface area (Å²) >= 11 is 0. The van der Waals surface area contributed by atoms with Crippen LogP contribution >= 0.6 is 0 Å². The van der Waals surface area contributed by atoms with Crippen LogP contribution in [0.2, 0.25) is 0 Å². The highest BCUT2D eigenvalue weighted by Gasteiger charge is 2.37. The zero-order chi connectivity index (χ0) is 14.7. The minimum Gasteiger partial charge on any atom is -0.480 e. The number of piperazine rings is 1. The van der Waals surface area contributed by atoms with Gasteiger partial charge in [0.05, 0.1) is 6.54 Å². The van der Waals surface area contributed by atoms with E-state index in [0.717, 1.165) is 10.5 Å². The number of rotatable bonds is 3. The van der Waals surface area contributed by atoms with Gasteiger partial charge in [-0.2, -0.15) is 0 Å². The van der Waals surface area contributed by atoms with E-state index in [1.54, 1.807) is 0 Å². The lowest BCUT2D eigenvalue weighted by Gasteiger charge is -2.38. The maximum atomic E-state index is 12.0. The molecule has 0 saturated carbocycles. The first kappa shape index (κ1) is 14.0. The van der Waals surface area contributed by atoms with Gasteiger partial charge in [-0.3, -0.25) is 9.59 Å². The van der Waals surface area contributed by atoms with Crippen LogP contribution < -0.4 is 0 Å². The number of hydrogen-bond donors (Lipinski definition) is 1. The van der Waals surface area contributed by atoms with Gasteiger partial charge >= 0.3 is 5.97 Å². The van der Waals surface area contributed by atoms with Crippen molar-refractivity contribution in [1.29, 1.82) is 0 Å². The Morgan fingerprint density at radius 2 is 1.95 bits per heavy atom. The third-order valence-corrected chi connectivity index (χ3v) is 3.33. The van der Waals surface area contributed by atoms with Crippen molar-refractivity contribution in [1.82, 2.24) is 9.80 Å². The molecule has 2 rings (SSSR count). The highest BCUT2D eigenvalue weighted by Crippen LogP contribution is 2.15. The van der Waals surface area contributed by atoms with Gasteiger partial charge in [0.2, 0.25) is 11.8 Å². The minimum absolute atomic E-state index is 0.0165. The molecule has 1 unspecified atom stereocenters. The minimum atomic E-state index is -1.09. The van der Waals surface area contributed by atoms with Crippen molar-refractivity contribution in [3.63, 3.8) is 0 Å². The Balaban J connectivity index is 2.14. The van der Waals surface area contributed by atoms with Gasteiger partial charge in [0.15, 0.2) is 0 Å². The van der Waals surface area contributed by atoms with Crippen LogP contribution in [0.4, 0.5) is 0 Å². The van der Waals surface area contributed by atoms with Crippen molar-refractivity contribution in [2.24, 2.45) is 0 Å². The zero-order valence-electron chi connectivity index (χ0n) is 11.2. The molecule has 0 aliphatic carbocycles. The lowest BCUT2D eigenvalue weighted by atomic mass is 10.1. The molecular formula is C14H16N2O4. The Hall–Kier alpha value is -2.37. The van der Waals surface area contributed by atoms with Gasteiger partial charge < -0.3 is 14.9 Å². The summed E-state index contributed by atoms with van der Waals surface area (Å²) in [6, 6.07) is 8.37. The van der Waals surface area contributed by atoms with Crippen molar-refractivity contribution < 1.29 is 19.5 Å². The van der Waals surface area contributed by atoms with Gasteiger partial charge in [-0.05, 0) is 5.56 Å². The molecule has 20 heavy (non-hydrogen) atoms. The predicted molar refractivity (Wildman–Crippen MR) is 70.7 cm³/mol. The lowest BCUT2D eigenvalue weighted by Crippen LogP contribution is -2.59. The van der Waals surface area contributed by atoms with Crippen LogP contribution in [0.3, 0.4) is 0 Å². The van der Waals surface area contributed by atoms with E-state index >= 15 is 0 Å². The van der Waals surface area contributed by atoms with Crippen molar-refractivity contribution in [2.75, 3.05) is 13.1 Å². The number of benzene rings is 1. The number of amides is 2. The molecule has 1 heterocycles. The molecule has 0 spiro atoms. The second-order valence-corrected chi connectivity index (χ2v) is 4.76. The van der Waals surface area contributed by atoms with E-state index in [1.165, 1.54) is 11.8 Å².